The zero-order chi connectivity index (χ0) is 26.7. The molecule has 1 heterocycles. The van der Waals surface area contributed by atoms with Gasteiger partial charge in [-0.1, -0.05) is 121 Å². The smallest absolute Gasteiger partial charge is 0.193 e. The maximum Gasteiger partial charge on any atom is 0.193 e. The molecule has 200 valence electrons. The molecule has 4 aromatic rings. The van der Waals surface area contributed by atoms with Crippen molar-refractivity contribution in [1.82, 2.24) is 0 Å². The van der Waals surface area contributed by atoms with E-state index < -0.39 is 24.4 Å². The highest BCUT2D eigenvalue weighted by Gasteiger charge is 2.46. The summed E-state index contributed by atoms with van der Waals surface area (Å²) in [6, 6.07) is 39.7. The van der Waals surface area contributed by atoms with E-state index >= 15 is 0 Å². The summed E-state index contributed by atoms with van der Waals surface area (Å²) in [5.41, 5.74) is 4.12. The van der Waals surface area contributed by atoms with Crippen LogP contribution in [0.25, 0.3) is 0 Å². The highest BCUT2D eigenvalue weighted by atomic mass is 16.6. The Kier molecular flexibility index (Phi) is 9.66. The van der Waals surface area contributed by atoms with Gasteiger partial charge in [0.2, 0.25) is 0 Å². The van der Waals surface area contributed by atoms with Gasteiger partial charge in [0.25, 0.3) is 0 Å². The second-order valence-electron chi connectivity index (χ2n) is 9.73. The van der Waals surface area contributed by atoms with E-state index in [0.717, 1.165) is 22.3 Å². The fraction of sp³-hybridized carbons (Fsp3) is 0.265. The molecule has 0 bridgehead atoms. The van der Waals surface area contributed by atoms with Gasteiger partial charge < -0.3 is 18.9 Å². The average molecular weight is 523 g/mol. The number of hydrogen-bond donors (Lipinski definition) is 0. The molecule has 5 heteroatoms. The zero-order valence-corrected chi connectivity index (χ0v) is 21.9. The molecule has 0 aliphatic carbocycles. The Bertz CT molecular complexity index is 1260. The van der Waals surface area contributed by atoms with Crippen LogP contribution in [0, 0.1) is 0 Å². The second kappa shape index (κ2) is 14.0. The molecule has 4 aromatic carbocycles. The van der Waals surface area contributed by atoms with Gasteiger partial charge in [-0.3, -0.25) is 4.79 Å². The third kappa shape index (κ3) is 7.71. The van der Waals surface area contributed by atoms with Crippen LogP contribution in [0.5, 0.6) is 0 Å². The molecule has 0 aromatic heterocycles. The number of carbonyl (C=O) groups excluding carboxylic acids is 1. The number of rotatable bonds is 12. The predicted octanol–water partition coefficient (Wildman–Crippen LogP) is 5.95. The fourth-order valence-corrected chi connectivity index (χ4v) is 4.77. The van der Waals surface area contributed by atoms with E-state index in [4.69, 9.17) is 18.9 Å². The number of ketones is 1. The molecule has 5 nitrogen and oxygen atoms in total. The monoisotopic (exact) mass is 522 g/mol. The molecule has 39 heavy (non-hydrogen) atoms. The molecule has 1 fully saturated rings. The van der Waals surface area contributed by atoms with Crippen LogP contribution in [-0.4, -0.2) is 36.8 Å². The van der Waals surface area contributed by atoms with E-state index in [1.54, 1.807) is 0 Å². The Morgan fingerprint density at radius 2 is 1.03 bits per heavy atom. The van der Waals surface area contributed by atoms with Crippen LogP contribution in [0.3, 0.4) is 0 Å². The molecular formula is C34H34O5. The minimum Gasteiger partial charge on any atom is -0.374 e. The Morgan fingerprint density at radius 1 is 0.564 bits per heavy atom. The topological polar surface area (TPSA) is 54.0 Å². The number of benzene rings is 4. The van der Waals surface area contributed by atoms with E-state index in [1.807, 2.05) is 121 Å². The lowest BCUT2D eigenvalue weighted by Crippen LogP contribution is -2.58. The Hall–Kier alpha value is -3.61. The molecule has 0 spiro atoms. The van der Waals surface area contributed by atoms with E-state index in [0.29, 0.717) is 26.2 Å². The summed E-state index contributed by atoms with van der Waals surface area (Å²) in [7, 11) is 0. The summed E-state index contributed by atoms with van der Waals surface area (Å²) >= 11 is 0. The summed E-state index contributed by atoms with van der Waals surface area (Å²) < 4.78 is 25.3. The largest absolute Gasteiger partial charge is 0.374 e. The second-order valence-corrected chi connectivity index (χ2v) is 9.73. The highest BCUT2D eigenvalue weighted by Crippen LogP contribution is 2.27. The van der Waals surface area contributed by atoms with Crippen molar-refractivity contribution in [2.24, 2.45) is 0 Å². The van der Waals surface area contributed by atoms with Gasteiger partial charge in [0, 0.05) is 6.42 Å². The van der Waals surface area contributed by atoms with Crippen LogP contribution in [0.1, 0.15) is 22.3 Å². The maximum atomic E-state index is 13.8. The lowest BCUT2D eigenvalue weighted by Gasteiger charge is -2.40. The molecule has 0 saturated carbocycles. The molecule has 1 aliphatic heterocycles. The van der Waals surface area contributed by atoms with Crippen molar-refractivity contribution in [3.05, 3.63) is 144 Å². The highest BCUT2D eigenvalue weighted by molar-refractivity contribution is 5.89. The SMILES string of the molecule is O=C1[C@H](Cc2ccccc2)O[C@H](COCc2ccccc2)[C@@H](OCc2ccccc2)[C@@H]1OCc1ccccc1. The average Bonchev–Trinajstić information content (AvgIpc) is 2.99. The summed E-state index contributed by atoms with van der Waals surface area (Å²) in [6.07, 6.45) is -2.09. The van der Waals surface area contributed by atoms with Crippen molar-refractivity contribution in [2.45, 2.75) is 50.7 Å². The van der Waals surface area contributed by atoms with Crippen LogP contribution in [-0.2, 0) is 50.0 Å². The first kappa shape index (κ1) is 27.0. The first-order valence-corrected chi connectivity index (χ1v) is 13.4. The molecule has 4 atom stereocenters. The van der Waals surface area contributed by atoms with Gasteiger partial charge in [-0.15, -0.1) is 0 Å². The van der Waals surface area contributed by atoms with Gasteiger partial charge in [-0.2, -0.15) is 0 Å². The van der Waals surface area contributed by atoms with E-state index in [-0.39, 0.29) is 12.4 Å². The van der Waals surface area contributed by atoms with Gasteiger partial charge in [0.15, 0.2) is 5.78 Å². The van der Waals surface area contributed by atoms with Gasteiger partial charge in [-0.25, -0.2) is 0 Å². The van der Waals surface area contributed by atoms with Crippen LogP contribution < -0.4 is 0 Å². The lowest BCUT2D eigenvalue weighted by molar-refractivity contribution is -0.214. The number of ether oxygens (including phenoxy) is 4. The summed E-state index contributed by atoms with van der Waals surface area (Å²) in [4.78, 5) is 13.8. The Labute approximate surface area is 230 Å². The van der Waals surface area contributed by atoms with Gasteiger partial charge in [0.1, 0.15) is 24.4 Å². The van der Waals surface area contributed by atoms with Gasteiger partial charge >= 0.3 is 0 Å². The molecule has 0 unspecified atom stereocenters. The normalized spacial score (nSPS) is 21.1. The summed E-state index contributed by atoms with van der Waals surface area (Å²) in [5, 5.41) is 0. The quantitative estimate of drug-likeness (QED) is 0.230. The first-order chi connectivity index (χ1) is 19.3. The van der Waals surface area contributed by atoms with Crippen LogP contribution in [0.4, 0.5) is 0 Å². The van der Waals surface area contributed by atoms with Crippen LogP contribution >= 0.6 is 0 Å². The van der Waals surface area contributed by atoms with Crippen molar-refractivity contribution in [3.63, 3.8) is 0 Å². The van der Waals surface area contributed by atoms with E-state index in [9.17, 15) is 4.79 Å². The van der Waals surface area contributed by atoms with Gasteiger partial charge in [-0.05, 0) is 22.3 Å². The third-order valence-electron chi connectivity index (χ3n) is 6.82. The van der Waals surface area contributed by atoms with Gasteiger partial charge in [0.05, 0.1) is 26.4 Å². The first-order valence-electron chi connectivity index (χ1n) is 13.4. The molecule has 0 amide bonds. The molecule has 1 aliphatic rings. The maximum absolute atomic E-state index is 13.8. The van der Waals surface area contributed by atoms with E-state index in [1.165, 1.54) is 0 Å². The van der Waals surface area contributed by atoms with Crippen molar-refractivity contribution in [2.75, 3.05) is 6.61 Å². The third-order valence-corrected chi connectivity index (χ3v) is 6.82. The van der Waals surface area contributed by atoms with Crippen molar-refractivity contribution in [1.29, 1.82) is 0 Å². The molecule has 0 radical (unpaired) electrons. The lowest BCUT2D eigenvalue weighted by atomic mass is 9.92. The minimum absolute atomic E-state index is 0.104. The molecule has 0 N–H and O–H groups in total. The molecular weight excluding hydrogens is 488 g/mol. The fourth-order valence-electron chi connectivity index (χ4n) is 4.77. The summed E-state index contributed by atoms with van der Waals surface area (Å²) in [5.74, 6) is -0.104. The Morgan fingerprint density at radius 3 is 1.56 bits per heavy atom. The number of carbonyl (C=O) groups is 1. The van der Waals surface area contributed by atoms with Crippen molar-refractivity contribution < 1.29 is 23.7 Å². The van der Waals surface area contributed by atoms with Crippen LogP contribution in [0.2, 0.25) is 0 Å². The standard InChI is InChI=1S/C34H34O5/c35-32-30(21-26-13-5-1-6-14-26)39-31(25-36-22-27-15-7-2-8-16-27)33(37-23-28-17-9-3-10-18-28)34(32)38-24-29-19-11-4-12-20-29/h1-20,30-31,33-34H,21-25H2/t30-,31+,33+,34+/m0/s1. The predicted molar refractivity (Wildman–Crippen MR) is 150 cm³/mol. The van der Waals surface area contributed by atoms with Crippen molar-refractivity contribution >= 4 is 5.78 Å². The molecule has 1 saturated heterocycles. The number of Topliss-reactive ketones (excluding diaryl/α,β-unsaturated/α-hetero) is 1. The van der Waals surface area contributed by atoms with E-state index in [2.05, 4.69) is 0 Å². The van der Waals surface area contributed by atoms with Crippen LogP contribution in [0.15, 0.2) is 121 Å². The van der Waals surface area contributed by atoms with Crippen molar-refractivity contribution in [3.8, 4) is 0 Å². The zero-order valence-electron chi connectivity index (χ0n) is 21.9. The Balaban J connectivity index is 1.37. The minimum atomic E-state index is -0.790. The summed E-state index contributed by atoms with van der Waals surface area (Å²) in [6.45, 7) is 1.36. The number of hydrogen-bond acceptors (Lipinski definition) is 5. The molecule has 5 rings (SSSR count).